The molecular formula is C7H14N4O5. The zero-order chi connectivity index (χ0) is 12.6. The number of carbonyl (C=O) groups is 3. The number of aliphatic hydroxyl groups excluding tert-OH is 1. The van der Waals surface area contributed by atoms with E-state index in [4.69, 9.17) is 15.9 Å². The van der Waals surface area contributed by atoms with Crippen LogP contribution in [-0.4, -0.2) is 54.0 Å². The Morgan fingerprint density at radius 1 is 1.19 bits per heavy atom. The highest BCUT2D eigenvalue weighted by molar-refractivity contribution is 5.82. The Bertz CT molecular complexity index is 270. The molecule has 9 nitrogen and oxygen atoms in total. The Kier molecular flexibility index (Phi) is 6.36. The van der Waals surface area contributed by atoms with Crippen LogP contribution in [0.25, 0.3) is 0 Å². The van der Waals surface area contributed by atoms with Gasteiger partial charge in [-0.1, -0.05) is 0 Å². The van der Waals surface area contributed by atoms with Crippen LogP contribution in [0.5, 0.6) is 0 Å². The number of hydrogen-bond donors (Lipinski definition) is 6. The number of hydrogen-bond acceptors (Lipinski definition) is 4. The Balaban J connectivity index is 3.73. The largest absolute Gasteiger partial charge is 0.480 e. The minimum absolute atomic E-state index is 0.0898. The molecule has 0 aromatic carbocycles. The molecule has 0 spiro atoms. The van der Waals surface area contributed by atoms with Gasteiger partial charge in [-0.2, -0.15) is 0 Å². The number of aliphatic hydroxyl groups is 1. The van der Waals surface area contributed by atoms with E-state index in [0.29, 0.717) is 0 Å². The SMILES string of the molecule is NC(=O)NCCNC(=O)NC(CO)C(=O)O. The van der Waals surface area contributed by atoms with Crippen molar-refractivity contribution in [1.29, 1.82) is 0 Å². The first-order valence-electron chi connectivity index (χ1n) is 4.38. The summed E-state index contributed by atoms with van der Waals surface area (Å²) >= 11 is 0. The zero-order valence-corrected chi connectivity index (χ0v) is 8.40. The lowest BCUT2D eigenvalue weighted by atomic mass is 10.3. The number of primary amides is 1. The van der Waals surface area contributed by atoms with Crippen LogP contribution in [0.4, 0.5) is 9.59 Å². The van der Waals surface area contributed by atoms with Gasteiger partial charge < -0.3 is 31.9 Å². The fraction of sp³-hybridized carbons (Fsp3) is 0.571. The van der Waals surface area contributed by atoms with E-state index in [-0.39, 0.29) is 13.1 Å². The van der Waals surface area contributed by atoms with Crippen LogP contribution in [0.3, 0.4) is 0 Å². The molecule has 1 unspecified atom stereocenters. The summed E-state index contributed by atoms with van der Waals surface area (Å²) in [6.07, 6.45) is 0. The van der Waals surface area contributed by atoms with Crippen LogP contribution >= 0.6 is 0 Å². The first kappa shape index (κ1) is 14.0. The molecule has 0 aliphatic rings. The first-order valence-corrected chi connectivity index (χ1v) is 4.38. The molecule has 0 bridgehead atoms. The number of amides is 4. The van der Waals surface area contributed by atoms with Gasteiger partial charge in [0, 0.05) is 13.1 Å². The van der Waals surface area contributed by atoms with Crippen molar-refractivity contribution in [2.24, 2.45) is 5.73 Å². The monoisotopic (exact) mass is 234 g/mol. The number of carboxylic acid groups (broad SMARTS) is 1. The van der Waals surface area contributed by atoms with Crippen molar-refractivity contribution >= 4 is 18.0 Å². The third-order valence-corrected chi connectivity index (χ3v) is 1.50. The molecule has 0 rings (SSSR count). The molecule has 1 atom stereocenters. The number of urea groups is 2. The summed E-state index contributed by atoms with van der Waals surface area (Å²) in [5.74, 6) is -1.34. The summed E-state index contributed by atoms with van der Waals surface area (Å²) in [4.78, 5) is 31.7. The van der Waals surface area contributed by atoms with E-state index in [1.165, 1.54) is 0 Å². The second-order valence-electron chi connectivity index (χ2n) is 2.76. The predicted octanol–water partition coefficient (Wildman–Crippen LogP) is -2.60. The Morgan fingerprint density at radius 3 is 2.19 bits per heavy atom. The molecule has 4 amide bonds. The van der Waals surface area contributed by atoms with Crippen LogP contribution in [0.15, 0.2) is 0 Å². The van der Waals surface area contributed by atoms with Gasteiger partial charge in [0.15, 0.2) is 6.04 Å². The Morgan fingerprint density at radius 2 is 1.75 bits per heavy atom. The highest BCUT2D eigenvalue weighted by Crippen LogP contribution is 1.81. The van der Waals surface area contributed by atoms with Crippen molar-refractivity contribution in [2.75, 3.05) is 19.7 Å². The average Bonchev–Trinajstić information content (AvgIpc) is 2.20. The number of nitrogens with one attached hydrogen (secondary N) is 3. The molecule has 0 radical (unpaired) electrons. The van der Waals surface area contributed by atoms with Crippen molar-refractivity contribution in [2.45, 2.75) is 6.04 Å². The highest BCUT2D eigenvalue weighted by Gasteiger charge is 2.17. The van der Waals surface area contributed by atoms with Gasteiger partial charge in [-0.3, -0.25) is 0 Å². The summed E-state index contributed by atoms with van der Waals surface area (Å²) in [6.45, 7) is -0.492. The van der Waals surface area contributed by atoms with Gasteiger partial charge in [0.05, 0.1) is 6.61 Å². The maximum absolute atomic E-state index is 11.0. The predicted molar refractivity (Wildman–Crippen MR) is 52.6 cm³/mol. The lowest BCUT2D eigenvalue weighted by molar-refractivity contribution is -0.140. The van der Waals surface area contributed by atoms with Gasteiger partial charge in [0.25, 0.3) is 0 Å². The zero-order valence-electron chi connectivity index (χ0n) is 8.40. The third-order valence-electron chi connectivity index (χ3n) is 1.50. The second kappa shape index (κ2) is 7.29. The molecule has 0 fully saturated rings. The number of aliphatic carboxylic acids is 1. The molecule has 9 heteroatoms. The summed E-state index contributed by atoms with van der Waals surface area (Å²) in [6, 6.07) is -2.84. The number of rotatable bonds is 6. The van der Waals surface area contributed by atoms with Gasteiger partial charge >= 0.3 is 18.0 Å². The van der Waals surface area contributed by atoms with Crippen molar-refractivity contribution < 1.29 is 24.6 Å². The van der Waals surface area contributed by atoms with Crippen LogP contribution in [-0.2, 0) is 4.79 Å². The summed E-state index contributed by atoms with van der Waals surface area (Å²) in [5.41, 5.74) is 4.76. The molecule has 0 aromatic rings. The molecule has 0 aliphatic heterocycles. The second-order valence-corrected chi connectivity index (χ2v) is 2.76. The van der Waals surface area contributed by atoms with Crippen LogP contribution in [0, 0.1) is 0 Å². The van der Waals surface area contributed by atoms with Gasteiger partial charge in [0.2, 0.25) is 0 Å². The molecular weight excluding hydrogens is 220 g/mol. The van der Waals surface area contributed by atoms with Crippen LogP contribution in [0.2, 0.25) is 0 Å². The van der Waals surface area contributed by atoms with Crippen molar-refractivity contribution in [3.05, 3.63) is 0 Å². The average molecular weight is 234 g/mol. The topological polar surface area (TPSA) is 154 Å². The molecule has 0 saturated heterocycles. The molecule has 92 valence electrons. The summed E-state index contributed by atoms with van der Waals surface area (Å²) in [5, 5.41) is 23.6. The maximum Gasteiger partial charge on any atom is 0.328 e. The Labute approximate surface area is 91.0 Å². The number of carboxylic acids is 1. The van der Waals surface area contributed by atoms with E-state index < -0.39 is 30.7 Å². The van der Waals surface area contributed by atoms with Crippen molar-refractivity contribution in [3.8, 4) is 0 Å². The van der Waals surface area contributed by atoms with E-state index in [9.17, 15) is 14.4 Å². The standard InChI is InChI=1S/C7H14N4O5/c8-6(15)9-1-2-10-7(16)11-4(3-12)5(13)14/h4,12H,1-3H2,(H,13,14)(H3,8,9,15)(H2,10,11,16). The summed E-state index contributed by atoms with van der Waals surface area (Å²) in [7, 11) is 0. The van der Waals surface area contributed by atoms with Crippen LogP contribution < -0.4 is 21.7 Å². The van der Waals surface area contributed by atoms with Gasteiger partial charge in [0.1, 0.15) is 0 Å². The normalized spacial score (nSPS) is 11.3. The number of carbonyl (C=O) groups excluding carboxylic acids is 2. The molecule has 0 aliphatic carbocycles. The summed E-state index contributed by atoms with van der Waals surface area (Å²) < 4.78 is 0. The fourth-order valence-corrected chi connectivity index (χ4v) is 0.756. The highest BCUT2D eigenvalue weighted by atomic mass is 16.4. The van der Waals surface area contributed by atoms with Gasteiger partial charge in [-0.25, -0.2) is 14.4 Å². The quantitative estimate of drug-likeness (QED) is 0.278. The Hall–Kier alpha value is -2.03. The van der Waals surface area contributed by atoms with E-state index in [2.05, 4.69) is 10.6 Å². The maximum atomic E-state index is 11.0. The van der Waals surface area contributed by atoms with Gasteiger partial charge in [-0.15, -0.1) is 0 Å². The fourth-order valence-electron chi connectivity index (χ4n) is 0.756. The third kappa shape index (κ3) is 6.43. The minimum atomic E-state index is -1.36. The van der Waals surface area contributed by atoms with Crippen molar-refractivity contribution in [1.82, 2.24) is 16.0 Å². The van der Waals surface area contributed by atoms with E-state index >= 15 is 0 Å². The lowest BCUT2D eigenvalue weighted by Gasteiger charge is -2.12. The lowest BCUT2D eigenvalue weighted by Crippen LogP contribution is -2.49. The molecule has 0 aromatic heterocycles. The molecule has 16 heavy (non-hydrogen) atoms. The molecule has 0 saturated carbocycles. The smallest absolute Gasteiger partial charge is 0.328 e. The first-order chi connectivity index (χ1) is 7.47. The molecule has 7 N–H and O–H groups in total. The van der Waals surface area contributed by atoms with Crippen molar-refractivity contribution in [3.63, 3.8) is 0 Å². The van der Waals surface area contributed by atoms with Crippen LogP contribution in [0.1, 0.15) is 0 Å². The van der Waals surface area contributed by atoms with E-state index in [1.807, 2.05) is 5.32 Å². The van der Waals surface area contributed by atoms with Gasteiger partial charge in [-0.05, 0) is 0 Å². The minimum Gasteiger partial charge on any atom is -0.480 e. The molecule has 0 heterocycles. The number of nitrogens with two attached hydrogens (primary N) is 1. The van der Waals surface area contributed by atoms with E-state index in [0.717, 1.165) is 0 Å². The van der Waals surface area contributed by atoms with E-state index in [1.54, 1.807) is 0 Å².